The zero-order valence-electron chi connectivity index (χ0n) is 18.7. The molecular weight excluding hydrogens is 436 g/mol. The molecule has 2 amide bonds. The summed E-state index contributed by atoms with van der Waals surface area (Å²) < 4.78 is 10.6. The quantitative estimate of drug-likeness (QED) is 0.486. The van der Waals surface area contributed by atoms with Gasteiger partial charge in [-0.3, -0.25) is 4.79 Å². The number of anilines is 1. The molecule has 0 aromatic heterocycles. The fourth-order valence-electron chi connectivity index (χ4n) is 4.06. The highest BCUT2D eigenvalue weighted by molar-refractivity contribution is 6.03. The van der Waals surface area contributed by atoms with Gasteiger partial charge in [-0.05, 0) is 41.3 Å². The summed E-state index contributed by atoms with van der Waals surface area (Å²) in [6.45, 7) is 1.60. The van der Waals surface area contributed by atoms with Gasteiger partial charge in [0.1, 0.15) is 18.4 Å². The Labute approximate surface area is 196 Å². The number of amides is 2. The van der Waals surface area contributed by atoms with Crippen LogP contribution in [-0.4, -0.2) is 42.8 Å². The van der Waals surface area contributed by atoms with Crippen molar-refractivity contribution in [3.05, 3.63) is 83.4 Å². The number of carbonyl (C=O) groups is 3. The van der Waals surface area contributed by atoms with Gasteiger partial charge in [-0.2, -0.15) is 0 Å². The van der Waals surface area contributed by atoms with Crippen LogP contribution in [0.5, 0.6) is 5.75 Å². The lowest BCUT2D eigenvalue weighted by Crippen LogP contribution is -2.42. The molecule has 8 nitrogen and oxygen atoms in total. The topological polar surface area (TPSA) is 114 Å². The fraction of sp³-hybridized carbons (Fsp3) is 0.192. The molecule has 0 aliphatic heterocycles. The Balaban J connectivity index is 1.39. The molecular formula is C26H24N2O6. The predicted molar refractivity (Wildman–Crippen MR) is 126 cm³/mol. The molecule has 8 heteroatoms. The maximum absolute atomic E-state index is 12.6. The summed E-state index contributed by atoms with van der Waals surface area (Å²) in [6, 6.07) is 19.2. The van der Waals surface area contributed by atoms with Crippen molar-refractivity contribution in [1.29, 1.82) is 0 Å². The number of carboxylic acids is 1. The van der Waals surface area contributed by atoms with E-state index in [0.717, 1.165) is 22.3 Å². The number of alkyl carbamates (subject to hydrolysis) is 1. The van der Waals surface area contributed by atoms with Crippen molar-refractivity contribution in [2.75, 3.05) is 19.0 Å². The van der Waals surface area contributed by atoms with Crippen LogP contribution >= 0.6 is 0 Å². The van der Waals surface area contributed by atoms with E-state index in [-0.39, 0.29) is 23.8 Å². The monoisotopic (exact) mass is 460 g/mol. The molecule has 174 valence electrons. The molecule has 4 rings (SSSR count). The van der Waals surface area contributed by atoms with Gasteiger partial charge in [0.2, 0.25) is 5.91 Å². The lowest BCUT2D eigenvalue weighted by atomic mass is 9.98. The number of hydrogen-bond donors (Lipinski definition) is 3. The summed E-state index contributed by atoms with van der Waals surface area (Å²) in [5.74, 6) is -1.51. The van der Waals surface area contributed by atoms with Crippen molar-refractivity contribution in [3.63, 3.8) is 0 Å². The first-order valence-electron chi connectivity index (χ1n) is 10.7. The molecule has 1 atom stereocenters. The molecule has 3 aromatic rings. The minimum absolute atomic E-state index is 0.0676. The minimum Gasteiger partial charge on any atom is -0.497 e. The summed E-state index contributed by atoms with van der Waals surface area (Å²) >= 11 is 0. The second kappa shape index (κ2) is 9.66. The van der Waals surface area contributed by atoms with Gasteiger partial charge >= 0.3 is 12.1 Å². The van der Waals surface area contributed by atoms with Crippen LogP contribution in [0.15, 0.2) is 66.7 Å². The van der Waals surface area contributed by atoms with E-state index in [1.165, 1.54) is 32.2 Å². The van der Waals surface area contributed by atoms with Crippen LogP contribution in [-0.2, 0) is 9.53 Å². The summed E-state index contributed by atoms with van der Waals surface area (Å²) in [4.78, 5) is 36.5. The van der Waals surface area contributed by atoms with Crippen molar-refractivity contribution in [2.45, 2.75) is 18.9 Å². The predicted octanol–water partition coefficient (Wildman–Crippen LogP) is 4.26. The molecule has 0 bridgehead atoms. The van der Waals surface area contributed by atoms with Crippen molar-refractivity contribution in [1.82, 2.24) is 5.32 Å². The number of methoxy groups -OCH3 is 1. The second-order valence-corrected chi connectivity index (χ2v) is 7.90. The molecule has 0 saturated carbocycles. The number of nitrogens with one attached hydrogen (secondary N) is 2. The van der Waals surface area contributed by atoms with E-state index in [9.17, 15) is 19.5 Å². The van der Waals surface area contributed by atoms with E-state index < -0.39 is 24.0 Å². The smallest absolute Gasteiger partial charge is 0.407 e. The summed E-state index contributed by atoms with van der Waals surface area (Å²) in [7, 11) is 1.43. The summed E-state index contributed by atoms with van der Waals surface area (Å²) in [5.41, 5.74) is 4.38. The molecule has 3 aromatic carbocycles. The average molecular weight is 460 g/mol. The molecule has 0 saturated heterocycles. The fourth-order valence-corrected chi connectivity index (χ4v) is 4.06. The van der Waals surface area contributed by atoms with Crippen LogP contribution in [0, 0.1) is 0 Å². The molecule has 0 radical (unpaired) electrons. The van der Waals surface area contributed by atoms with E-state index in [1.54, 1.807) is 0 Å². The lowest BCUT2D eigenvalue weighted by Gasteiger charge is -2.18. The van der Waals surface area contributed by atoms with Gasteiger partial charge in [-0.25, -0.2) is 9.59 Å². The molecule has 0 spiro atoms. The van der Waals surface area contributed by atoms with Crippen LogP contribution in [0.25, 0.3) is 11.1 Å². The standard InChI is InChI=1S/C26H24N2O6/c1-15(24(29)28-23-13-16(33-2)11-12-21(23)25(30)31)27-26(32)34-14-22-19-9-5-3-7-17(19)18-8-4-6-10-20(18)22/h3-13,15,22H,14H2,1-2H3,(H,27,32)(H,28,29)(H,30,31). The Hall–Kier alpha value is -4.33. The zero-order valence-corrected chi connectivity index (χ0v) is 18.7. The third-order valence-corrected chi connectivity index (χ3v) is 5.79. The van der Waals surface area contributed by atoms with E-state index in [0.29, 0.717) is 5.75 Å². The van der Waals surface area contributed by atoms with Crippen molar-refractivity contribution in [3.8, 4) is 16.9 Å². The molecule has 0 heterocycles. The summed E-state index contributed by atoms with van der Waals surface area (Å²) in [5, 5.41) is 14.4. The zero-order chi connectivity index (χ0) is 24.2. The first-order chi connectivity index (χ1) is 16.4. The van der Waals surface area contributed by atoms with Crippen molar-refractivity contribution in [2.24, 2.45) is 0 Å². The number of fused-ring (bicyclic) bond motifs is 3. The molecule has 34 heavy (non-hydrogen) atoms. The van der Waals surface area contributed by atoms with Crippen LogP contribution in [0.3, 0.4) is 0 Å². The Morgan fingerprint density at radius 3 is 2.18 bits per heavy atom. The summed E-state index contributed by atoms with van der Waals surface area (Å²) in [6.07, 6.45) is -0.742. The van der Waals surface area contributed by atoms with Gasteiger partial charge in [-0.15, -0.1) is 0 Å². The highest BCUT2D eigenvalue weighted by atomic mass is 16.5. The Morgan fingerprint density at radius 1 is 0.971 bits per heavy atom. The Bertz CT molecular complexity index is 1210. The van der Waals surface area contributed by atoms with Gasteiger partial charge < -0.3 is 25.2 Å². The van der Waals surface area contributed by atoms with Gasteiger partial charge in [0, 0.05) is 12.0 Å². The minimum atomic E-state index is -1.20. The average Bonchev–Trinajstić information content (AvgIpc) is 3.16. The van der Waals surface area contributed by atoms with Crippen molar-refractivity contribution >= 4 is 23.7 Å². The van der Waals surface area contributed by atoms with Gasteiger partial charge in [-0.1, -0.05) is 48.5 Å². The van der Waals surface area contributed by atoms with Crippen LogP contribution in [0.2, 0.25) is 0 Å². The maximum atomic E-state index is 12.6. The SMILES string of the molecule is COc1ccc(C(=O)O)c(NC(=O)C(C)NC(=O)OCC2c3ccccc3-c3ccccc32)c1. The number of carbonyl (C=O) groups excluding carboxylic acids is 2. The first-order valence-corrected chi connectivity index (χ1v) is 10.7. The molecule has 1 aliphatic rings. The lowest BCUT2D eigenvalue weighted by molar-refractivity contribution is -0.117. The molecule has 0 fully saturated rings. The first kappa shape index (κ1) is 22.8. The number of aromatic carboxylic acids is 1. The largest absolute Gasteiger partial charge is 0.497 e. The highest BCUT2D eigenvalue weighted by Crippen LogP contribution is 2.44. The van der Waals surface area contributed by atoms with E-state index >= 15 is 0 Å². The van der Waals surface area contributed by atoms with Crippen LogP contribution in [0.4, 0.5) is 10.5 Å². The van der Waals surface area contributed by atoms with Gasteiger partial charge in [0.25, 0.3) is 0 Å². The number of hydrogen-bond acceptors (Lipinski definition) is 5. The third kappa shape index (κ3) is 4.56. The molecule has 1 unspecified atom stereocenters. The molecule has 3 N–H and O–H groups in total. The third-order valence-electron chi connectivity index (χ3n) is 5.79. The number of rotatable bonds is 7. The normalized spacial score (nSPS) is 12.8. The Kier molecular flexibility index (Phi) is 6.49. The van der Waals surface area contributed by atoms with Crippen molar-refractivity contribution < 1.29 is 29.0 Å². The number of benzene rings is 3. The van der Waals surface area contributed by atoms with E-state index in [4.69, 9.17) is 9.47 Å². The van der Waals surface area contributed by atoms with Gasteiger partial charge in [0.05, 0.1) is 18.4 Å². The maximum Gasteiger partial charge on any atom is 0.407 e. The second-order valence-electron chi connectivity index (χ2n) is 7.90. The molecule has 1 aliphatic carbocycles. The Morgan fingerprint density at radius 2 is 1.59 bits per heavy atom. The number of ether oxygens (including phenoxy) is 2. The van der Waals surface area contributed by atoms with Gasteiger partial charge in [0.15, 0.2) is 0 Å². The number of carboxylic acid groups (broad SMARTS) is 1. The highest BCUT2D eigenvalue weighted by Gasteiger charge is 2.29. The van der Waals surface area contributed by atoms with E-state index in [2.05, 4.69) is 10.6 Å². The van der Waals surface area contributed by atoms with E-state index in [1.807, 2.05) is 48.5 Å². The van der Waals surface area contributed by atoms with Crippen LogP contribution < -0.4 is 15.4 Å². The van der Waals surface area contributed by atoms with Crippen LogP contribution in [0.1, 0.15) is 34.3 Å².